The average molecular weight is 295 g/mol. The van der Waals surface area contributed by atoms with E-state index >= 15 is 0 Å². The number of hydrogen-bond donors (Lipinski definition) is 3. The summed E-state index contributed by atoms with van der Waals surface area (Å²) in [5.41, 5.74) is 0.784. The summed E-state index contributed by atoms with van der Waals surface area (Å²) in [5, 5.41) is 9.01. The Morgan fingerprint density at radius 3 is 2.80 bits per heavy atom. The molecule has 1 aromatic heterocycles. The van der Waals surface area contributed by atoms with Gasteiger partial charge >= 0.3 is 5.97 Å². The molecule has 0 saturated heterocycles. The lowest BCUT2D eigenvalue weighted by atomic mass is 10.1. The maximum absolute atomic E-state index is 12.2. The minimum Gasteiger partial charge on any atom is -0.478 e. The lowest BCUT2D eigenvalue weighted by molar-refractivity contribution is 0.0696. The molecule has 0 spiro atoms. The fraction of sp³-hybridized carbons (Fsp3) is 0.167. The maximum atomic E-state index is 12.2. The van der Waals surface area contributed by atoms with Crippen LogP contribution in [0.4, 0.5) is 0 Å². The molecule has 2 rings (SSSR count). The summed E-state index contributed by atoms with van der Waals surface area (Å²) in [4.78, 5) is 17.5. The molecule has 0 radical (unpaired) electrons. The van der Waals surface area contributed by atoms with Crippen LogP contribution < -0.4 is 4.72 Å². The number of aromatic carboxylic acids is 1. The van der Waals surface area contributed by atoms with Crippen molar-refractivity contribution >= 4 is 16.0 Å². The highest BCUT2D eigenvalue weighted by atomic mass is 32.2. The highest BCUT2D eigenvalue weighted by Crippen LogP contribution is 2.19. The van der Waals surface area contributed by atoms with E-state index in [9.17, 15) is 13.2 Å². The zero-order valence-electron chi connectivity index (χ0n) is 10.6. The smallest absolute Gasteiger partial charge is 0.335 e. The zero-order valence-corrected chi connectivity index (χ0v) is 11.4. The van der Waals surface area contributed by atoms with Crippen LogP contribution in [0.25, 0.3) is 0 Å². The predicted molar refractivity (Wildman–Crippen MR) is 70.8 cm³/mol. The third kappa shape index (κ3) is 2.86. The minimum atomic E-state index is -3.78. The number of aromatic nitrogens is 2. The number of rotatable bonds is 5. The Kier molecular flexibility index (Phi) is 3.86. The van der Waals surface area contributed by atoms with E-state index in [0.717, 1.165) is 0 Å². The molecule has 3 N–H and O–H groups in total. The van der Waals surface area contributed by atoms with Crippen LogP contribution >= 0.6 is 0 Å². The van der Waals surface area contributed by atoms with Gasteiger partial charge in [0.15, 0.2) is 0 Å². The van der Waals surface area contributed by atoms with E-state index in [2.05, 4.69) is 14.7 Å². The Morgan fingerprint density at radius 1 is 1.45 bits per heavy atom. The van der Waals surface area contributed by atoms with Crippen molar-refractivity contribution in [2.75, 3.05) is 0 Å². The molecule has 1 aromatic carbocycles. The normalized spacial score (nSPS) is 11.4. The Bertz CT molecular complexity index is 723. The third-order valence-corrected chi connectivity index (χ3v) is 4.36. The van der Waals surface area contributed by atoms with E-state index in [1.54, 1.807) is 0 Å². The summed E-state index contributed by atoms with van der Waals surface area (Å²) in [7, 11) is -3.78. The van der Waals surface area contributed by atoms with E-state index < -0.39 is 16.0 Å². The number of imidazole rings is 1. The fourth-order valence-electron chi connectivity index (χ4n) is 1.77. The van der Waals surface area contributed by atoms with Crippen LogP contribution in [-0.2, 0) is 16.6 Å². The molecule has 106 valence electrons. The summed E-state index contributed by atoms with van der Waals surface area (Å²) in [6.45, 7) is 1.52. The van der Waals surface area contributed by atoms with Gasteiger partial charge in [-0.25, -0.2) is 22.9 Å². The molecule has 2 aromatic rings. The van der Waals surface area contributed by atoms with Gasteiger partial charge in [-0.05, 0) is 24.6 Å². The summed E-state index contributed by atoms with van der Waals surface area (Å²) in [6, 6.07) is 4.14. The molecule has 0 amide bonds. The first-order chi connectivity index (χ1) is 9.42. The Labute approximate surface area is 115 Å². The van der Waals surface area contributed by atoms with Gasteiger partial charge in [-0.1, -0.05) is 6.07 Å². The fourth-order valence-corrected chi connectivity index (χ4v) is 3.04. The molecule has 0 aliphatic carbocycles. The number of sulfonamides is 1. The van der Waals surface area contributed by atoms with E-state index in [1.807, 2.05) is 0 Å². The standard InChI is InChI=1S/C12H13N3O4S/c1-8-10(12(16)17)3-2-4-11(8)20(18,19)15-6-9-5-13-7-14-9/h2-5,7,15H,6H2,1H3,(H,13,14)(H,16,17). The maximum Gasteiger partial charge on any atom is 0.335 e. The van der Waals surface area contributed by atoms with Crippen LogP contribution in [0, 0.1) is 6.92 Å². The summed E-state index contributed by atoms with van der Waals surface area (Å²) in [5.74, 6) is -1.16. The highest BCUT2D eigenvalue weighted by molar-refractivity contribution is 7.89. The second-order valence-corrected chi connectivity index (χ2v) is 5.87. The summed E-state index contributed by atoms with van der Waals surface area (Å²) >= 11 is 0. The largest absolute Gasteiger partial charge is 0.478 e. The van der Waals surface area contributed by atoms with Crippen LogP contribution in [0.15, 0.2) is 35.6 Å². The van der Waals surface area contributed by atoms with Crippen molar-refractivity contribution in [2.45, 2.75) is 18.4 Å². The van der Waals surface area contributed by atoms with Gasteiger partial charge in [-0.15, -0.1) is 0 Å². The molecule has 0 bridgehead atoms. The highest BCUT2D eigenvalue weighted by Gasteiger charge is 2.20. The third-order valence-electron chi connectivity index (χ3n) is 2.81. The van der Waals surface area contributed by atoms with Gasteiger partial charge in [-0.2, -0.15) is 0 Å². The first-order valence-corrected chi connectivity index (χ1v) is 7.20. The molecule has 0 aliphatic rings. The molecule has 8 heteroatoms. The molecule has 0 saturated carbocycles. The number of nitrogens with zero attached hydrogens (tertiary/aromatic N) is 1. The van der Waals surface area contributed by atoms with Crippen LogP contribution in [0.2, 0.25) is 0 Å². The first kappa shape index (κ1) is 14.2. The molecule has 0 unspecified atom stereocenters. The summed E-state index contributed by atoms with van der Waals surface area (Å²) < 4.78 is 26.8. The molecule has 7 nitrogen and oxygen atoms in total. The average Bonchev–Trinajstić information content (AvgIpc) is 2.89. The number of benzene rings is 1. The van der Waals surface area contributed by atoms with Gasteiger partial charge in [-0.3, -0.25) is 0 Å². The van der Waals surface area contributed by atoms with E-state index in [0.29, 0.717) is 5.69 Å². The van der Waals surface area contributed by atoms with Crippen molar-refractivity contribution in [3.8, 4) is 0 Å². The van der Waals surface area contributed by atoms with Crippen molar-refractivity contribution in [3.05, 3.63) is 47.5 Å². The lowest BCUT2D eigenvalue weighted by Crippen LogP contribution is -2.24. The Balaban J connectivity index is 2.30. The van der Waals surface area contributed by atoms with Gasteiger partial charge in [0, 0.05) is 11.9 Å². The number of aromatic amines is 1. The topological polar surface area (TPSA) is 112 Å². The first-order valence-electron chi connectivity index (χ1n) is 5.71. The van der Waals surface area contributed by atoms with Crippen molar-refractivity contribution in [1.82, 2.24) is 14.7 Å². The van der Waals surface area contributed by atoms with E-state index in [4.69, 9.17) is 5.11 Å². The van der Waals surface area contributed by atoms with Crippen molar-refractivity contribution in [2.24, 2.45) is 0 Å². The van der Waals surface area contributed by atoms with Crippen molar-refractivity contribution in [3.63, 3.8) is 0 Å². The predicted octanol–water partition coefficient (Wildman–Crippen LogP) is 0.895. The Morgan fingerprint density at radius 2 is 2.20 bits per heavy atom. The van der Waals surface area contributed by atoms with Crippen LogP contribution in [0.3, 0.4) is 0 Å². The molecule has 0 atom stereocenters. The lowest BCUT2D eigenvalue weighted by Gasteiger charge is -2.10. The second kappa shape index (κ2) is 5.43. The Hall–Kier alpha value is -2.19. The molecular formula is C12H13N3O4S. The number of carboxylic acids is 1. The van der Waals surface area contributed by atoms with Crippen LogP contribution in [0.1, 0.15) is 21.6 Å². The number of carbonyl (C=O) groups is 1. The van der Waals surface area contributed by atoms with Crippen molar-refractivity contribution < 1.29 is 18.3 Å². The van der Waals surface area contributed by atoms with Gasteiger partial charge in [0.1, 0.15) is 0 Å². The number of carboxylic acid groups (broad SMARTS) is 1. The van der Waals surface area contributed by atoms with Crippen LogP contribution in [0.5, 0.6) is 0 Å². The minimum absolute atomic E-state index is 0.0329. The molecule has 0 fully saturated rings. The molecular weight excluding hydrogens is 282 g/mol. The summed E-state index contributed by atoms with van der Waals surface area (Å²) in [6.07, 6.45) is 2.95. The number of H-pyrrole nitrogens is 1. The van der Waals surface area contributed by atoms with Crippen molar-refractivity contribution in [1.29, 1.82) is 0 Å². The zero-order chi connectivity index (χ0) is 14.8. The van der Waals surface area contributed by atoms with Gasteiger partial charge < -0.3 is 10.1 Å². The monoisotopic (exact) mass is 295 g/mol. The van der Waals surface area contributed by atoms with Gasteiger partial charge in [0.2, 0.25) is 10.0 Å². The number of nitrogens with one attached hydrogen (secondary N) is 2. The van der Waals surface area contributed by atoms with Gasteiger partial charge in [0.25, 0.3) is 0 Å². The van der Waals surface area contributed by atoms with E-state index in [-0.39, 0.29) is 22.6 Å². The van der Waals surface area contributed by atoms with E-state index in [1.165, 1.54) is 37.6 Å². The van der Waals surface area contributed by atoms with Crippen LogP contribution in [-0.4, -0.2) is 29.5 Å². The SMILES string of the molecule is Cc1c(C(=O)O)cccc1S(=O)(=O)NCc1cnc[nH]1. The van der Waals surface area contributed by atoms with Gasteiger partial charge in [0.05, 0.1) is 23.3 Å². The number of hydrogen-bond acceptors (Lipinski definition) is 4. The quantitative estimate of drug-likeness (QED) is 0.758. The molecule has 20 heavy (non-hydrogen) atoms. The second-order valence-electron chi connectivity index (χ2n) is 4.14. The molecule has 0 aliphatic heterocycles. The molecule has 1 heterocycles.